The van der Waals surface area contributed by atoms with Crippen molar-refractivity contribution < 1.29 is 8.78 Å². The minimum absolute atomic E-state index is 0.000000000000000444. The third kappa shape index (κ3) is 2.73. The van der Waals surface area contributed by atoms with Crippen LogP contribution in [0.5, 0.6) is 0 Å². The Bertz CT molecular complexity index is 370. The van der Waals surface area contributed by atoms with Crippen LogP contribution in [0, 0.1) is 11.6 Å². The molecule has 0 amide bonds. The predicted octanol–water partition coefficient (Wildman–Crippen LogP) is 1.96. The quantitative estimate of drug-likeness (QED) is 0.376. The maximum atomic E-state index is 13.4. The molecule has 0 spiro atoms. The molecule has 3 nitrogen and oxygen atoms in total. The first-order chi connectivity index (χ1) is 7.10. The molecule has 1 aromatic rings. The van der Waals surface area contributed by atoms with E-state index in [1.807, 2.05) is 0 Å². The normalized spacial score (nSPS) is 11.7. The van der Waals surface area contributed by atoms with Gasteiger partial charge in [-0.1, -0.05) is 15.9 Å². The molecule has 0 saturated heterocycles. The zero-order valence-corrected chi connectivity index (χ0v) is 9.61. The number of hydrogen-bond donors (Lipinski definition) is 2. The van der Waals surface area contributed by atoms with Crippen molar-refractivity contribution in [2.45, 2.75) is 6.92 Å². The zero-order chi connectivity index (χ0) is 11.4. The summed E-state index contributed by atoms with van der Waals surface area (Å²) in [6, 6.07) is 2.31. The minimum atomic E-state index is -0.716. The van der Waals surface area contributed by atoms with E-state index < -0.39 is 11.6 Å². The van der Waals surface area contributed by atoms with Gasteiger partial charge < -0.3 is 5.43 Å². The average Bonchev–Trinajstić information content (AvgIpc) is 2.14. The summed E-state index contributed by atoms with van der Waals surface area (Å²) in [6.07, 6.45) is 0. The van der Waals surface area contributed by atoms with Crippen molar-refractivity contribution >= 4 is 21.8 Å². The Morgan fingerprint density at radius 1 is 1.47 bits per heavy atom. The lowest BCUT2D eigenvalue weighted by molar-refractivity contribution is 0.575. The number of amidine groups is 1. The fourth-order valence-corrected chi connectivity index (χ4v) is 1.53. The summed E-state index contributed by atoms with van der Waals surface area (Å²) in [4.78, 5) is 3.85. The number of rotatable bonds is 2. The van der Waals surface area contributed by atoms with E-state index in [2.05, 4.69) is 26.3 Å². The number of halogens is 3. The van der Waals surface area contributed by atoms with Gasteiger partial charge in [-0.25, -0.2) is 14.6 Å². The summed E-state index contributed by atoms with van der Waals surface area (Å²) in [5, 5.41) is 0. The highest BCUT2D eigenvalue weighted by molar-refractivity contribution is 9.10. The Kier molecular flexibility index (Phi) is 4.16. The topological polar surface area (TPSA) is 50.4 Å². The molecule has 0 unspecified atom stereocenters. The largest absolute Gasteiger partial charge is 0.308 e. The van der Waals surface area contributed by atoms with Gasteiger partial charge in [0.15, 0.2) is 0 Å². The average molecular weight is 278 g/mol. The second-order valence-electron chi connectivity index (χ2n) is 2.71. The van der Waals surface area contributed by atoms with Crippen molar-refractivity contribution in [1.82, 2.24) is 5.43 Å². The molecular weight excluding hydrogens is 268 g/mol. The molecule has 0 atom stereocenters. The fraction of sp³-hybridized carbons (Fsp3) is 0.222. The SMILES string of the molecule is CCN=C(NN)c1c(F)cc(Br)cc1F. The number of hydrazine groups is 1. The molecule has 1 aromatic carbocycles. The van der Waals surface area contributed by atoms with E-state index in [-0.39, 0.29) is 11.4 Å². The first kappa shape index (κ1) is 12.1. The molecule has 0 bridgehead atoms. The van der Waals surface area contributed by atoms with Crippen LogP contribution in [0.3, 0.4) is 0 Å². The van der Waals surface area contributed by atoms with Crippen LogP contribution >= 0.6 is 15.9 Å². The maximum Gasteiger partial charge on any atom is 0.148 e. The van der Waals surface area contributed by atoms with E-state index in [4.69, 9.17) is 5.84 Å². The molecule has 1 rings (SSSR count). The molecule has 0 aliphatic carbocycles. The van der Waals surface area contributed by atoms with Gasteiger partial charge in [-0.15, -0.1) is 0 Å². The monoisotopic (exact) mass is 277 g/mol. The van der Waals surface area contributed by atoms with Gasteiger partial charge in [-0.05, 0) is 19.1 Å². The number of nitrogens with one attached hydrogen (secondary N) is 1. The Morgan fingerprint density at radius 3 is 2.40 bits per heavy atom. The Hall–Kier alpha value is -1.01. The Balaban J connectivity index is 3.29. The van der Waals surface area contributed by atoms with Crippen molar-refractivity contribution in [3.8, 4) is 0 Å². The van der Waals surface area contributed by atoms with Crippen molar-refractivity contribution in [3.05, 3.63) is 33.8 Å². The van der Waals surface area contributed by atoms with E-state index >= 15 is 0 Å². The molecule has 0 aliphatic rings. The molecule has 82 valence electrons. The van der Waals surface area contributed by atoms with Crippen LogP contribution in [0.1, 0.15) is 12.5 Å². The molecule has 6 heteroatoms. The summed E-state index contributed by atoms with van der Waals surface area (Å²) < 4.78 is 27.2. The number of nitrogens with two attached hydrogens (primary N) is 1. The number of nitrogens with zero attached hydrogens (tertiary/aromatic N) is 1. The lowest BCUT2D eigenvalue weighted by Crippen LogP contribution is -2.32. The lowest BCUT2D eigenvalue weighted by Gasteiger charge is -2.08. The third-order valence-electron chi connectivity index (χ3n) is 1.70. The van der Waals surface area contributed by atoms with Crippen LogP contribution in [0.4, 0.5) is 8.78 Å². The van der Waals surface area contributed by atoms with Crippen LogP contribution in [0.2, 0.25) is 0 Å². The Labute approximate surface area is 94.5 Å². The summed E-state index contributed by atoms with van der Waals surface area (Å²) >= 11 is 2.99. The molecule has 0 aromatic heterocycles. The highest BCUT2D eigenvalue weighted by atomic mass is 79.9. The van der Waals surface area contributed by atoms with Crippen molar-refractivity contribution in [2.24, 2.45) is 10.8 Å². The third-order valence-corrected chi connectivity index (χ3v) is 2.15. The van der Waals surface area contributed by atoms with E-state index in [1.165, 1.54) is 0 Å². The van der Waals surface area contributed by atoms with Gasteiger partial charge >= 0.3 is 0 Å². The van der Waals surface area contributed by atoms with E-state index in [0.29, 0.717) is 11.0 Å². The van der Waals surface area contributed by atoms with Crippen LogP contribution in [-0.2, 0) is 0 Å². The zero-order valence-electron chi connectivity index (χ0n) is 8.02. The van der Waals surface area contributed by atoms with Gasteiger partial charge in [0.05, 0.1) is 5.56 Å². The van der Waals surface area contributed by atoms with Crippen LogP contribution in [0.15, 0.2) is 21.6 Å². The highest BCUT2D eigenvalue weighted by Crippen LogP contribution is 2.19. The molecule has 0 aliphatic heterocycles. The molecule has 0 fully saturated rings. The second kappa shape index (κ2) is 5.18. The second-order valence-corrected chi connectivity index (χ2v) is 3.63. The van der Waals surface area contributed by atoms with Crippen molar-refractivity contribution in [3.63, 3.8) is 0 Å². The number of hydrogen-bond acceptors (Lipinski definition) is 2. The molecule has 0 radical (unpaired) electrons. The van der Waals surface area contributed by atoms with E-state index in [9.17, 15) is 8.78 Å². The summed E-state index contributed by atoms with van der Waals surface area (Å²) in [7, 11) is 0. The van der Waals surface area contributed by atoms with E-state index in [1.54, 1.807) is 6.92 Å². The van der Waals surface area contributed by atoms with Gasteiger partial charge in [-0.2, -0.15) is 0 Å². The van der Waals surface area contributed by atoms with Crippen LogP contribution in [0.25, 0.3) is 0 Å². The standard InChI is InChI=1S/C9H10BrF2N3/c1-2-14-9(15-13)8-6(11)3-5(10)4-7(8)12/h3-4H,2,13H2,1H3,(H,14,15). The highest BCUT2D eigenvalue weighted by Gasteiger charge is 2.15. The van der Waals surface area contributed by atoms with Gasteiger partial charge in [0.25, 0.3) is 0 Å². The van der Waals surface area contributed by atoms with Crippen LogP contribution in [-0.4, -0.2) is 12.4 Å². The molecular formula is C9H10BrF2N3. The smallest absolute Gasteiger partial charge is 0.148 e. The van der Waals surface area contributed by atoms with Crippen molar-refractivity contribution in [1.29, 1.82) is 0 Å². The van der Waals surface area contributed by atoms with Gasteiger partial charge in [0, 0.05) is 11.0 Å². The Morgan fingerprint density at radius 2 is 2.00 bits per heavy atom. The van der Waals surface area contributed by atoms with E-state index in [0.717, 1.165) is 12.1 Å². The lowest BCUT2D eigenvalue weighted by atomic mass is 10.2. The summed E-state index contributed by atoms with van der Waals surface area (Å²) in [5.41, 5.74) is 1.93. The summed E-state index contributed by atoms with van der Waals surface area (Å²) in [6.45, 7) is 2.13. The van der Waals surface area contributed by atoms with Crippen molar-refractivity contribution in [2.75, 3.05) is 6.54 Å². The number of aliphatic imine (C=N–C) groups is 1. The first-order valence-corrected chi connectivity index (χ1v) is 5.05. The minimum Gasteiger partial charge on any atom is -0.308 e. The molecule has 15 heavy (non-hydrogen) atoms. The van der Waals surface area contributed by atoms with Crippen LogP contribution < -0.4 is 11.3 Å². The maximum absolute atomic E-state index is 13.4. The predicted molar refractivity (Wildman–Crippen MR) is 58.5 cm³/mol. The molecule has 3 N–H and O–H groups in total. The number of benzene rings is 1. The molecule has 0 saturated carbocycles. The molecule has 0 heterocycles. The fourth-order valence-electron chi connectivity index (χ4n) is 1.12. The first-order valence-electron chi connectivity index (χ1n) is 4.26. The van der Waals surface area contributed by atoms with Gasteiger partial charge in [0.1, 0.15) is 17.5 Å². The van der Waals surface area contributed by atoms with Gasteiger partial charge in [-0.3, -0.25) is 4.99 Å². The van der Waals surface area contributed by atoms with Gasteiger partial charge in [0.2, 0.25) is 0 Å². The summed E-state index contributed by atoms with van der Waals surface area (Å²) in [5.74, 6) is 3.71.